The molecular formula is C11H16O2. The van der Waals surface area contributed by atoms with E-state index in [4.69, 9.17) is 0 Å². The lowest BCUT2D eigenvalue weighted by molar-refractivity contribution is -0.145. The van der Waals surface area contributed by atoms with Gasteiger partial charge in [-0.15, -0.1) is 0 Å². The second kappa shape index (κ2) is 2.10. The summed E-state index contributed by atoms with van der Waals surface area (Å²) >= 11 is 0. The standard InChI is InChI=1S/C11H16O2/c1-6-2-7-4-8-5-11(8,10(12)13)9(7)3-6/h6-9H,2-5H2,1H3,(H,12,13). The van der Waals surface area contributed by atoms with Crippen molar-refractivity contribution >= 4 is 5.97 Å². The van der Waals surface area contributed by atoms with E-state index in [1.54, 1.807) is 0 Å². The second-order valence-corrected chi connectivity index (χ2v) is 5.43. The quantitative estimate of drug-likeness (QED) is 0.671. The third-order valence-corrected chi connectivity index (χ3v) is 4.73. The lowest BCUT2D eigenvalue weighted by Crippen LogP contribution is -2.24. The van der Waals surface area contributed by atoms with E-state index < -0.39 is 5.97 Å². The van der Waals surface area contributed by atoms with Crippen LogP contribution in [0, 0.1) is 29.1 Å². The Balaban J connectivity index is 1.91. The molecule has 2 nitrogen and oxygen atoms in total. The molecule has 5 unspecified atom stereocenters. The van der Waals surface area contributed by atoms with Gasteiger partial charge in [-0.05, 0) is 49.4 Å². The summed E-state index contributed by atoms with van der Waals surface area (Å²) in [6.45, 7) is 2.27. The lowest BCUT2D eigenvalue weighted by Gasteiger charge is -2.18. The zero-order valence-corrected chi connectivity index (χ0v) is 7.99. The van der Waals surface area contributed by atoms with Crippen molar-refractivity contribution in [2.45, 2.75) is 32.6 Å². The van der Waals surface area contributed by atoms with E-state index in [0.717, 1.165) is 18.3 Å². The van der Waals surface area contributed by atoms with Gasteiger partial charge in [0.05, 0.1) is 5.41 Å². The molecule has 0 aromatic rings. The van der Waals surface area contributed by atoms with Gasteiger partial charge >= 0.3 is 5.97 Å². The number of hydrogen-bond donors (Lipinski definition) is 1. The SMILES string of the molecule is CC1CC2CC3CC3(C(=O)O)C2C1. The second-order valence-electron chi connectivity index (χ2n) is 5.43. The maximum absolute atomic E-state index is 11.2. The summed E-state index contributed by atoms with van der Waals surface area (Å²) in [4.78, 5) is 11.2. The Kier molecular flexibility index (Phi) is 1.27. The molecule has 1 N–H and O–H groups in total. The molecule has 3 saturated carbocycles. The maximum Gasteiger partial charge on any atom is 0.310 e. The molecule has 0 aliphatic heterocycles. The first-order valence-electron chi connectivity index (χ1n) is 5.38. The summed E-state index contributed by atoms with van der Waals surface area (Å²) in [5, 5.41) is 9.25. The van der Waals surface area contributed by atoms with Crippen molar-refractivity contribution in [2.24, 2.45) is 29.1 Å². The Morgan fingerprint density at radius 3 is 2.85 bits per heavy atom. The number of aliphatic carboxylic acids is 1. The smallest absolute Gasteiger partial charge is 0.310 e. The zero-order valence-electron chi connectivity index (χ0n) is 7.99. The topological polar surface area (TPSA) is 37.3 Å². The first-order valence-corrected chi connectivity index (χ1v) is 5.38. The van der Waals surface area contributed by atoms with E-state index in [1.165, 1.54) is 19.3 Å². The molecule has 0 saturated heterocycles. The highest BCUT2D eigenvalue weighted by Crippen LogP contribution is 2.72. The number of carbonyl (C=O) groups is 1. The van der Waals surface area contributed by atoms with Crippen molar-refractivity contribution in [2.75, 3.05) is 0 Å². The molecule has 3 fully saturated rings. The molecule has 2 heteroatoms. The highest BCUT2D eigenvalue weighted by molar-refractivity contribution is 5.80. The van der Waals surface area contributed by atoms with Crippen LogP contribution in [0.25, 0.3) is 0 Å². The minimum atomic E-state index is -0.501. The Bertz CT molecular complexity index is 273. The Hall–Kier alpha value is -0.530. The molecular weight excluding hydrogens is 164 g/mol. The normalized spacial score (nSPS) is 57.3. The first-order chi connectivity index (χ1) is 6.14. The number of carboxylic acids is 1. The fourth-order valence-electron chi connectivity index (χ4n) is 4.18. The molecule has 0 aromatic heterocycles. The molecule has 0 radical (unpaired) electrons. The van der Waals surface area contributed by atoms with E-state index in [-0.39, 0.29) is 5.41 Å². The molecule has 3 rings (SSSR count). The number of fused-ring (bicyclic) bond motifs is 3. The molecule has 5 atom stereocenters. The lowest BCUT2D eigenvalue weighted by atomic mass is 9.85. The van der Waals surface area contributed by atoms with Gasteiger partial charge in [-0.3, -0.25) is 4.79 Å². The van der Waals surface area contributed by atoms with Crippen molar-refractivity contribution in [1.82, 2.24) is 0 Å². The van der Waals surface area contributed by atoms with Gasteiger partial charge in [0, 0.05) is 0 Å². The molecule has 0 amide bonds. The third-order valence-electron chi connectivity index (χ3n) is 4.73. The third kappa shape index (κ3) is 0.773. The molecule has 0 heterocycles. The zero-order chi connectivity index (χ0) is 9.22. The Morgan fingerprint density at radius 1 is 1.38 bits per heavy atom. The monoisotopic (exact) mass is 180 g/mol. The van der Waals surface area contributed by atoms with Crippen LogP contribution in [-0.4, -0.2) is 11.1 Å². The number of carboxylic acid groups (broad SMARTS) is 1. The summed E-state index contributed by atoms with van der Waals surface area (Å²) in [6.07, 6.45) is 4.65. The van der Waals surface area contributed by atoms with Gasteiger partial charge in [0.2, 0.25) is 0 Å². The molecule has 3 aliphatic rings. The van der Waals surface area contributed by atoms with Crippen LogP contribution >= 0.6 is 0 Å². The summed E-state index contributed by atoms with van der Waals surface area (Å²) < 4.78 is 0. The summed E-state index contributed by atoms with van der Waals surface area (Å²) in [6, 6.07) is 0. The average Bonchev–Trinajstić information content (AvgIpc) is 2.51. The minimum Gasteiger partial charge on any atom is -0.481 e. The van der Waals surface area contributed by atoms with Crippen LogP contribution < -0.4 is 0 Å². The highest BCUT2D eigenvalue weighted by Gasteiger charge is 2.71. The Morgan fingerprint density at radius 2 is 2.15 bits per heavy atom. The van der Waals surface area contributed by atoms with E-state index in [2.05, 4.69) is 6.92 Å². The van der Waals surface area contributed by atoms with Gasteiger partial charge in [-0.1, -0.05) is 6.92 Å². The summed E-state index contributed by atoms with van der Waals surface area (Å²) in [5.41, 5.74) is -0.241. The van der Waals surface area contributed by atoms with Gasteiger partial charge in [0.1, 0.15) is 0 Å². The van der Waals surface area contributed by atoms with Crippen LogP contribution in [-0.2, 0) is 4.79 Å². The van der Waals surface area contributed by atoms with E-state index in [9.17, 15) is 9.90 Å². The largest absolute Gasteiger partial charge is 0.481 e. The minimum absolute atomic E-state index is 0.241. The van der Waals surface area contributed by atoms with Crippen LogP contribution in [0.2, 0.25) is 0 Å². The first kappa shape index (κ1) is 7.84. The van der Waals surface area contributed by atoms with Gasteiger partial charge in [-0.2, -0.15) is 0 Å². The molecule has 72 valence electrons. The van der Waals surface area contributed by atoms with Gasteiger partial charge < -0.3 is 5.11 Å². The fourth-order valence-corrected chi connectivity index (χ4v) is 4.18. The van der Waals surface area contributed by atoms with E-state index in [0.29, 0.717) is 11.8 Å². The maximum atomic E-state index is 11.2. The van der Waals surface area contributed by atoms with Gasteiger partial charge in [0.15, 0.2) is 0 Å². The van der Waals surface area contributed by atoms with E-state index in [1.807, 2.05) is 0 Å². The fraction of sp³-hybridized carbons (Fsp3) is 0.909. The predicted molar refractivity (Wildman–Crippen MR) is 48.2 cm³/mol. The van der Waals surface area contributed by atoms with Crippen LogP contribution in [0.1, 0.15) is 32.6 Å². The van der Waals surface area contributed by atoms with Crippen molar-refractivity contribution in [3.63, 3.8) is 0 Å². The van der Waals surface area contributed by atoms with Crippen molar-refractivity contribution < 1.29 is 9.90 Å². The molecule has 13 heavy (non-hydrogen) atoms. The van der Waals surface area contributed by atoms with E-state index >= 15 is 0 Å². The van der Waals surface area contributed by atoms with Crippen LogP contribution in [0.3, 0.4) is 0 Å². The number of hydrogen-bond acceptors (Lipinski definition) is 1. The van der Waals surface area contributed by atoms with Crippen molar-refractivity contribution in [1.29, 1.82) is 0 Å². The predicted octanol–water partition coefficient (Wildman–Crippen LogP) is 2.14. The van der Waals surface area contributed by atoms with Crippen LogP contribution in [0.5, 0.6) is 0 Å². The van der Waals surface area contributed by atoms with Gasteiger partial charge in [-0.25, -0.2) is 0 Å². The van der Waals surface area contributed by atoms with Crippen LogP contribution in [0.4, 0.5) is 0 Å². The van der Waals surface area contributed by atoms with Crippen molar-refractivity contribution in [3.05, 3.63) is 0 Å². The molecule has 0 spiro atoms. The average molecular weight is 180 g/mol. The highest BCUT2D eigenvalue weighted by atomic mass is 16.4. The molecule has 0 bridgehead atoms. The molecule has 0 aromatic carbocycles. The molecule has 3 aliphatic carbocycles. The van der Waals surface area contributed by atoms with Crippen LogP contribution in [0.15, 0.2) is 0 Å². The van der Waals surface area contributed by atoms with Gasteiger partial charge in [0.25, 0.3) is 0 Å². The summed E-state index contributed by atoms with van der Waals surface area (Å²) in [5.74, 6) is 2.11. The van der Waals surface area contributed by atoms with Crippen molar-refractivity contribution in [3.8, 4) is 0 Å². The number of rotatable bonds is 1. The Labute approximate surface area is 78.3 Å². The summed E-state index contributed by atoms with van der Waals surface area (Å²) in [7, 11) is 0.